The van der Waals surface area contributed by atoms with E-state index in [0.717, 1.165) is 25.2 Å². The van der Waals surface area contributed by atoms with Gasteiger partial charge in [0.05, 0.1) is 0 Å². The van der Waals surface area contributed by atoms with E-state index in [4.69, 9.17) is 0 Å². The fourth-order valence-electron chi connectivity index (χ4n) is 3.57. The minimum absolute atomic E-state index is 0.0682. The van der Waals surface area contributed by atoms with Gasteiger partial charge >= 0.3 is 0 Å². The van der Waals surface area contributed by atoms with Gasteiger partial charge in [-0.1, -0.05) is 36.4 Å². The summed E-state index contributed by atoms with van der Waals surface area (Å²) in [6.07, 6.45) is 12.8. The number of imidazole rings is 1. The quantitative estimate of drug-likeness (QED) is 0.865. The SMILES string of the molecule is Cn1ccnc1C1=CC=CC12CCNc1ccccc1C2. The number of nitrogens with zero attached hydrogens (tertiary/aromatic N) is 2. The molecule has 1 unspecified atom stereocenters. The topological polar surface area (TPSA) is 29.9 Å². The highest BCUT2D eigenvalue weighted by Gasteiger charge is 2.38. The van der Waals surface area contributed by atoms with Gasteiger partial charge in [-0.05, 0) is 24.5 Å². The first kappa shape index (κ1) is 12.5. The molecular formula is C18H19N3. The summed E-state index contributed by atoms with van der Waals surface area (Å²) in [6, 6.07) is 8.64. The summed E-state index contributed by atoms with van der Waals surface area (Å²) in [5.41, 5.74) is 4.07. The largest absolute Gasteiger partial charge is 0.385 e. The predicted octanol–water partition coefficient (Wildman–Crippen LogP) is 3.42. The second-order valence-corrected chi connectivity index (χ2v) is 5.97. The molecule has 1 spiro atoms. The summed E-state index contributed by atoms with van der Waals surface area (Å²) >= 11 is 0. The van der Waals surface area contributed by atoms with Crippen LogP contribution in [0.5, 0.6) is 0 Å². The molecule has 2 heterocycles. The first-order valence-electron chi connectivity index (χ1n) is 7.48. The molecule has 1 aliphatic carbocycles. The highest BCUT2D eigenvalue weighted by molar-refractivity contribution is 5.74. The fourth-order valence-corrected chi connectivity index (χ4v) is 3.57. The molecule has 0 bridgehead atoms. The number of fused-ring (bicyclic) bond motifs is 1. The van der Waals surface area contributed by atoms with Crippen LogP contribution in [0.15, 0.2) is 54.9 Å². The third kappa shape index (κ3) is 1.92. The molecule has 1 aromatic carbocycles. The molecule has 1 aliphatic heterocycles. The molecule has 1 aromatic heterocycles. The van der Waals surface area contributed by atoms with Crippen molar-refractivity contribution < 1.29 is 0 Å². The third-order valence-corrected chi connectivity index (χ3v) is 4.69. The lowest BCUT2D eigenvalue weighted by atomic mass is 9.74. The molecular weight excluding hydrogens is 258 g/mol. The molecule has 2 aromatic rings. The van der Waals surface area contributed by atoms with Gasteiger partial charge < -0.3 is 9.88 Å². The van der Waals surface area contributed by atoms with Crippen molar-refractivity contribution in [2.45, 2.75) is 12.8 Å². The van der Waals surface area contributed by atoms with Crippen LogP contribution in [0, 0.1) is 5.41 Å². The number of hydrogen-bond donors (Lipinski definition) is 1. The first-order chi connectivity index (χ1) is 10.3. The maximum absolute atomic E-state index is 4.57. The third-order valence-electron chi connectivity index (χ3n) is 4.69. The molecule has 3 nitrogen and oxygen atoms in total. The van der Waals surface area contributed by atoms with Crippen LogP contribution in [0.3, 0.4) is 0 Å². The van der Waals surface area contributed by atoms with E-state index in [1.807, 2.05) is 12.4 Å². The van der Waals surface area contributed by atoms with Crippen molar-refractivity contribution >= 4 is 11.3 Å². The summed E-state index contributed by atoms with van der Waals surface area (Å²) in [5, 5.41) is 3.57. The summed E-state index contributed by atoms with van der Waals surface area (Å²) in [7, 11) is 2.07. The van der Waals surface area contributed by atoms with Crippen LogP contribution in [-0.4, -0.2) is 16.1 Å². The van der Waals surface area contributed by atoms with Crippen molar-refractivity contribution in [3.63, 3.8) is 0 Å². The highest BCUT2D eigenvalue weighted by Crippen LogP contribution is 2.47. The Kier molecular flexibility index (Phi) is 2.74. The zero-order valence-corrected chi connectivity index (χ0v) is 12.2. The van der Waals surface area contributed by atoms with Crippen molar-refractivity contribution in [2.24, 2.45) is 12.5 Å². The van der Waals surface area contributed by atoms with E-state index in [0.29, 0.717) is 0 Å². The molecule has 0 saturated carbocycles. The van der Waals surface area contributed by atoms with Gasteiger partial charge in [0.1, 0.15) is 5.82 Å². The van der Waals surface area contributed by atoms with Crippen LogP contribution >= 0.6 is 0 Å². The number of benzene rings is 1. The van der Waals surface area contributed by atoms with Crippen molar-refractivity contribution in [1.82, 2.24) is 9.55 Å². The van der Waals surface area contributed by atoms with E-state index in [-0.39, 0.29) is 5.41 Å². The maximum Gasteiger partial charge on any atom is 0.136 e. The van der Waals surface area contributed by atoms with Crippen LogP contribution in [0.25, 0.3) is 5.57 Å². The van der Waals surface area contributed by atoms with Crippen LogP contribution < -0.4 is 5.32 Å². The molecule has 4 rings (SSSR count). The smallest absolute Gasteiger partial charge is 0.136 e. The van der Waals surface area contributed by atoms with E-state index in [2.05, 4.69) is 64.4 Å². The maximum atomic E-state index is 4.57. The lowest BCUT2D eigenvalue weighted by Gasteiger charge is -2.29. The Morgan fingerprint density at radius 2 is 2.19 bits per heavy atom. The van der Waals surface area contributed by atoms with Gasteiger partial charge in [0.15, 0.2) is 0 Å². The molecule has 21 heavy (non-hydrogen) atoms. The Balaban J connectivity index is 1.79. The van der Waals surface area contributed by atoms with Crippen LogP contribution in [0.2, 0.25) is 0 Å². The lowest BCUT2D eigenvalue weighted by molar-refractivity contribution is 0.488. The Bertz CT molecular complexity index is 738. The number of anilines is 1. The van der Waals surface area contributed by atoms with Crippen LogP contribution in [0.4, 0.5) is 5.69 Å². The number of para-hydroxylation sites is 1. The fraction of sp³-hybridized carbons (Fsp3) is 0.278. The molecule has 0 fully saturated rings. The van der Waals surface area contributed by atoms with E-state index in [9.17, 15) is 0 Å². The number of hydrogen-bond acceptors (Lipinski definition) is 2. The van der Waals surface area contributed by atoms with Crippen molar-refractivity contribution in [2.75, 3.05) is 11.9 Å². The molecule has 0 saturated heterocycles. The van der Waals surface area contributed by atoms with Gasteiger partial charge in [-0.15, -0.1) is 0 Å². The van der Waals surface area contributed by atoms with Crippen molar-refractivity contribution in [3.05, 3.63) is 66.3 Å². The Hall–Kier alpha value is -2.29. The van der Waals surface area contributed by atoms with Gasteiger partial charge in [-0.2, -0.15) is 0 Å². The van der Waals surface area contributed by atoms with Crippen molar-refractivity contribution in [1.29, 1.82) is 0 Å². The second-order valence-electron chi connectivity index (χ2n) is 5.97. The minimum Gasteiger partial charge on any atom is -0.385 e. The number of nitrogens with one attached hydrogen (secondary N) is 1. The van der Waals surface area contributed by atoms with E-state index in [1.165, 1.54) is 16.8 Å². The first-order valence-corrected chi connectivity index (χ1v) is 7.48. The average Bonchev–Trinajstić information content (AvgIpc) is 3.01. The summed E-state index contributed by atoms with van der Waals surface area (Å²) in [4.78, 5) is 4.57. The normalized spacial score (nSPS) is 23.6. The van der Waals surface area contributed by atoms with Crippen molar-refractivity contribution in [3.8, 4) is 0 Å². The van der Waals surface area contributed by atoms with E-state index < -0.39 is 0 Å². The second kappa shape index (κ2) is 4.62. The monoisotopic (exact) mass is 277 g/mol. The zero-order chi connectivity index (χ0) is 14.3. The molecule has 2 aliphatic rings. The van der Waals surface area contributed by atoms with Gasteiger partial charge in [0, 0.05) is 42.7 Å². The number of aromatic nitrogens is 2. The van der Waals surface area contributed by atoms with E-state index in [1.54, 1.807) is 0 Å². The number of allylic oxidation sites excluding steroid dienone is 4. The number of aryl methyl sites for hydroxylation is 1. The highest BCUT2D eigenvalue weighted by atomic mass is 15.0. The van der Waals surface area contributed by atoms with E-state index >= 15 is 0 Å². The minimum atomic E-state index is 0.0682. The average molecular weight is 277 g/mol. The molecule has 3 heteroatoms. The van der Waals surface area contributed by atoms with Gasteiger partial charge in [0.25, 0.3) is 0 Å². The Labute approximate surface area is 125 Å². The Morgan fingerprint density at radius 3 is 3.05 bits per heavy atom. The van der Waals surface area contributed by atoms with Gasteiger partial charge in [-0.25, -0.2) is 4.98 Å². The summed E-state index contributed by atoms with van der Waals surface area (Å²) in [6.45, 7) is 0.989. The standard InChI is InChI=1S/C18H19N3/c1-21-12-11-20-17(21)15-6-4-8-18(15)9-10-19-16-7-3-2-5-14(16)13-18/h2-8,11-12,19H,9-10,13H2,1H3. The number of rotatable bonds is 1. The lowest BCUT2D eigenvalue weighted by Crippen LogP contribution is -2.23. The molecule has 1 N–H and O–H groups in total. The molecule has 0 radical (unpaired) electrons. The van der Waals surface area contributed by atoms with Gasteiger partial charge in [0.2, 0.25) is 0 Å². The van der Waals surface area contributed by atoms with Gasteiger partial charge in [-0.3, -0.25) is 0 Å². The Morgan fingerprint density at radius 1 is 1.29 bits per heavy atom. The molecule has 0 amide bonds. The summed E-state index contributed by atoms with van der Waals surface area (Å²) < 4.78 is 2.12. The van der Waals surface area contributed by atoms with Crippen LogP contribution in [-0.2, 0) is 13.5 Å². The summed E-state index contributed by atoms with van der Waals surface area (Å²) in [5.74, 6) is 1.08. The van der Waals surface area contributed by atoms with Crippen LogP contribution in [0.1, 0.15) is 17.8 Å². The molecule has 1 atom stereocenters. The zero-order valence-electron chi connectivity index (χ0n) is 12.2. The predicted molar refractivity (Wildman–Crippen MR) is 86.0 cm³/mol. The molecule has 106 valence electrons.